The normalized spacial score (nSPS) is 16.9. The Hall–Kier alpha value is -1.75. The molecular formula is C17H24N4O. The van der Waals surface area contributed by atoms with Gasteiger partial charge in [0.2, 0.25) is 0 Å². The maximum Gasteiger partial charge on any atom is 0.170 e. The standard InChI is InChI=1S/C17H24N4O/c1-11-9-14(22-21-11)13-10-19-16(17(2,3)4)20-15(13)12-5-7-18-8-6-12/h9-10,12,18H,5-8H2,1-4H3. The van der Waals surface area contributed by atoms with Crippen LogP contribution in [0.3, 0.4) is 0 Å². The van der Waals surface area contributed by atoms with Gasteiger partial charge in [-0.05, 0) is 32.9 Å². The largest absolute Gasteiger partial charge is 0.356 e. The summed E-state index contributed by atoms with van der Waals surface area (Å²) in [4.78, 5) is 9.50. The first kappa shape index (κ1) is 15.2. The van der Waals surface area contributed by atoms with Crippen molar-refractivity contribution in [2.75, 3.05) is 13.1 Å². The molecule has 0 aromatic carbocycles. The van der Waals surface area contributed by atoms with Crippen LogP contribution in [-0.2, 0) is 5.41 Å². The second-order valence-electron chi connectivity index (χ2n) is 7.10. The van der Waals surface area contributed by atoms with Gasteiger partial charge in [0.1, 0.15) is 5.82 Å². The predicted molar refractivity (Wildman–Crippen MR) is 85.8 cm³/mol. The highest BCUT2D eigenvalue weighted by Gasteiger charge is 2.26. The fourth-order valence-corrected chi connectivity index (χ4v) is 2.84. The molecule has 2 aromatic heterocycles. The van der Waals surface area contributed by atoms with Crippen LogP contribution in [-0.4, -0.2) is 28.2 Å². The first-order valence-corrected chi connectivity index (χ1v) is 7.97. The molecule has 5 heteroatoms. The van der Waals surface area contributed by atoms with E-state index in [1.54, 1.807) is 0 Å². The van der Waals surface area contributed by atoms with Crippen molar-refractivity contribution in [1.82, 2.24) is 20.4 Å². The summed E-state index contributed by atoms with van der Waals surface area (Å²) < 4.78 is 5.46. The molecule has 0 radical (unpaired) electrons. The Morgan fingerprint density at radius 3 is 2.55 bits per heavy atom. The molecular weight excluding hydrogens is 276 g/mol. The second-order valence-corrected chi connectivity index (χ2v) is 7.10. The molecule has 1 N–H and O–H groups in total. The van der Waals surface area contributed by atoms with Crippen LogP contribution in [0.5, 0.6) is 0 Å². The third-order valence-electron chi connectivity index (χ3n) is 4.11. The number of piperidine rings is 1. The van der Waals surface area contributed by atoms with Gasteiger partial charge in [-0.3, -0.25) is 0 Å². The number of hydrogen-bond donors (Lipinski definition) is 1. The Morgan fingerprint density at radius 1 is 1.23 bits per heavy atom. The summed E-state index contributed by atoms with van der Waals surface area (Å²) in [5.74, 6) is 2.11. The third-order valence-corrected chi connectivity index (χ3v) is 4.11. The molecule has 0 spiro atoms. The van der Waals surface area contributed by atoms with Gasteiger partial charge in [0.25, 0.3) is 0 Å². The van der Waals surface area contributed by atoms with Crippen LogP contribution in [0.15, 0.2) is 16.8 Å². The van der Waals surface area contributed by atoms with Gasteiger partial charge in [-0.25, -0.2) is 9.97 Å². The molecule has 0 atom stereocenters. The minimum atomic E-state index is -0.0580. The van der Waals surface area contributed by atoms with Crippen LogP contribution in [0.25, 0.3) is 11.3 Å². The van der Waals surface area contributed by atoms with Crippen LogP contribution >= 0.6 is 0 Å². The highest BCUT2D eigenvalue weighted by Crippen LogP contribution is 2.34. The predicted octanol–water partition coefficient (Wildman–Crippen LogP) is 3.20. The molecule has 3 rings (SSSR count). The lowest BCUT2D eigenvalue weighted by atomic mass is 9.89. The average molecular weight is 300 g/mol. The van der Waals surface area contributed by atoms with Gasteiger partial charge >= 0.3 is 0 Å². The zero-order chi connectivity index (χ0) is 15.7. The number of hydrogen-bond acceptors (Lipinski definition) is 5. The molecule has 1 fully saturated rings. The third kappa shape index (κ3) is 3.04. The Kier molecular flexibility index (Phi) is 4.00. The molecule has 3 heterocycles. The van der Waals surface area contributed by atoms with Gasteiger partial charge in [-0.2, -0.15) is 0 Å². The second kappa shape index (κ2) is 5.80. The first-order valence-electron chi connectivity index (χ1n) is 7.97. The van der Waals surface area contributed by atoms with E-state index >= 15 is 0 Å². The minimum Gasteiger partial charge on any atom is -0.356 e. The van der Waals surface area contributed by atoms with Crippen molar-refractivity contribution in [1.29, 1.82) is 0 Å². The van der Waals surface area contributed by atoms with Crippen LogP contribution in [0, 0.1) is 6.92 Å². The van der Waals surface area contributed by atoms with Crippen molar-refractivity contribution in [3.05, 3.63) is 29.5 Å². The number of nitrogens with zero attached hydrogens (tertiary/aromatic N) is 3. The van der Waals surface area contributed by atoms with E-state index in [9.17, 15) is 0 Å². The fourth-order valence-electron chi connectivity index (χ4n) is 2.84. The molecule has 2 aromatic rings. The average Bonchev–Trinajstić information content (AvgIpc) is 2.93. The summed E-state index contributed by atoms with van der Waals surface area (Å²) in [5, 5.41) is 7.42. The van der Waals surface area contributed by atoms with Crippen LogP contribution < -0.4 is 5.32 Å². The molecule has 5 nitrogen and oxygen atoms in total. The lowest BCUT2D eigenvalue weighted by Crippen LogP contribution is -2.28. The zero-order valence-electron chi connectivity index (χ0n) is 13.8. The number of aromatic nitrogens is 3. The molecule has 0 bridgehead atoms. The zero-order valence-corrected chi connectivity index (χ0v) is 13.8. The summed E-state index contributed by atoms with van der Waals surface area (Å²) in [6, 6.07) is 1.96. The van der Waals surface area contributed by atoms with E-state index < -0.39 is 0 Å². The highest BCUT2D eigenvalue weighted by atomic mass is 16.5. The van der Waals surface area contributed by atoms with E-state index in [0.29, 0.717) is 5.92 Å². The van der Waals surface area contributed by atoms with E-state index in [4.69, 9.17) is 9.51 Å². The minimum absolute atomic E-state index is 0.0580. The van der Waals surface area contributed by atoms with Crippen LogP contribution in [0.1, 0.15) is 56.7 Å². The van der Waals surface area contributed by atoms with Gasteiger partial charge in [0.15, 0.2) is 5.76 Å². The van der Waals surface area contributed by atoms with Crippen molar-refractivity contribution in [3.8, 4) is 11.3 Å². The van der Waals surface area contributed by atoms with Crippen molar-refractivity contribution < 1.29 is 4.52 Å². The lowest BCUT2D eigenvalue weighted by molar-refractivity contribution is 0.421. The highest BCUT2D eigenvalue weighted by molar-refractivity contribution is 5.60. The molecule has 0 aliphatic carbocycles. The Morgan fingerprint density at radius 2 is 1.95 bits per heavy atom. The molecule has 1 aliphatic heterocycles. The van der Waals surface area contributed by atoms with Gasteiger partial charge in [0, 0.05) is 23.6 Å². The molecule has 1 saturated heterocycles. The Bertz CT molecular complexity index is 651. The Labute approximate surface area is 131 Å². The fraction of sp³-hybridized carbons (Fsp3) is 0.588. The molecule has 22 heavy (non-hydrogen) atoms. The summed E-state index contributed by atoms with van der Waals surface area (Å²) in [6.45, 7) is 10.4. The van der Waals surface area contributed by atoms with E-state index in [-0.39, 0.29) is 5.41 Å². The quantitative estimate of drug-likeness (QED) is 0.922. The molecule has 0 saturated carbocycles. The number of aryl methyl sites for hydroxylation is 1. The summed E-state index contributed by atoms with van der Waals surface area (Å²) in [5.41, 5.74) is 2.92. The molecule has 0 amide bonds. The SMILES string of the molecule is Cc1cc(-c2cnc(C(C)(C)C)nc2C2CCNCC2)on1. The maximum atomic E-state index is 5.46. The number of rotatable bonds is 2. The lowest BCUT2D eigenvalue weighted by Gasteiger charge is -2.25. The van der Waals surface area contributed by atoms with E-state index in [2.05, 4.69) is 36.2 Å². The van der Waals surface area contributed by atoms with E-state index in [1.807, 2.05) is 19.2 Å². The molecule has 118 valence electrons. The van der Waals surface area contributed by atoms with Crippen LogP contribution in [0.4, 0.5) is 0 Å². The van der Waals surface area contributed by atoms with Crippen LogP contribution in [0.2, 0.25) is 0 Å². The van der Waals surface area contributed by atoms with Gasteiger partial charge in [0.05, 0.1) is 17.0 Å². The van der Waals surface area contributed by atoms with Gasteiger partial charge in [-0.1, -0.05) is 25.9 Å². The first-order chi connectivity index (χ1) is 10.4. The smallest absolute Gasteiger partial charge is 0.170 e. The van der Waals surface area contributed by atoms with Gasteiger partial charge < -0.3 is 9.84 Å². The van der Waals surface area contributed by atoms with Crippen molar-refractivity contribution in [2.24, 2.45) is 0 Å². The van der Waals surface area contributed by atoms with Crippen molar-refractivity contribution in [3.63, 3.8) is 0 Å². The summed E-state index contributed by atoms with van der Waals surface area (Å²) in [6.07, 6.45) is 4.10. The Balaban J connectivity index is 2.08. The summed E-state index contributed by atoms with van der Waals surface area (Å²) >= 11 is 0. The molecule has 0 unspecified atom stereocenters. The monoisotopic (exact) mass is 300 g/mol. The topological polar surface area (TPSA) is 63.8 Å². The summed E-state index contributed by atoms with van der Waals surface area (Å²) in [7, 11) is 0. The van der Waals surface area contributed by atoms with Crippen molar-refractivity contribution >= 4 is 0 Å². The molecule has 1 aliphatic rings. The van der Waals surface area contributed by atoms with Crippen molar-refractivity contribution in [2.45, 2.75) is 51.9 Å². The maximum absolute atomic E-state index is 5.46. The van der Waals surface area contributed by atoms with E-state index in [0.717, 1.165) is 54.5 Å². The number of nitrogens with one attached hydrogen (secondary N) is 1. The van der Waals surface area contributed by atoms with Gasteiger partial charge in [-0.15, -0.1) is 0 Å². The van der Waals surface area contributed by atoms with E-state index in [1.165, 1.54) is 0 Å².